The summed E-state index contributed by atoms with van der Waals surface area (Å²) in [5, 5.41) is 14.0. The molecule has 0 radical (unpaired) electrons. The summed E-state index contributed by atoms with van der Waals surface area (Å²) in [5.74, 6) is 0.707. The number of aliphatic hydroxyl groups excluding tert-OH is 1. The van der Waals surface area contributed by atoms with E-state index in [1.807, 2.05) is 60.7 Å². The summed E-state index contributed by atoms with van der Waals surface area (Å²) < 4.78 is 8.95. The van der Waals surface area contributed by atoms with E-state index in [9.17, 15) is 9.90 Å². The number of fused-ring (bicyclic) bond motifs is 1. The number of hydrogen-bond donors (Lipinski definition) is 2. The van der Waals surface area contributed by atoms with Crippen molar-refractivity contribution in [2.45, 2.75) is 19.2 Å². The molecule has 2 N–H and O–H groups in total. The van der Waals surface area contributed by atoms with Gasteiger partial charge in [-0.25, -0.2) is 4.79 Å². The molecule has 1 heterocycles. The molecule has 1 aromatic heterocycles. The van der Waals surface area contributed by atoms with Gasteiger partial charge >= 0.3 is 5.69 Å². The number of benzene rings is 3. The molecule has 1 unspecified atom stereocenters. The predicted octanol–water partition coefficient (Wildman–Crippen LogP) is 0.283. The number of hydrogen-bond acceptors (Lipinski definition) is 4. The Morgan fingerprint density at radius 1 is 0.875 bits per heavy atom. The highest BCUT2D eigenvalue weighted by atomic mass is 35.5. The molecule has 168 valence electrons. The molecule has 0 aliphatic rings. The van der Waals surface area contributed by atoms with Crippen molar-refractivity contribution in [2.24, 2.45) is 14.1 Å². The first-order valence-corrected chi connectivity index (χ1v) is 10.3. The van der Waals surface area contributed by atoms with Gasteiger partial charge in [-0.1, -0.05) is 48.5 Å². The van der Waals surface area contributed by atoms with Crippen molar-refractivity contribution in [1.82, 2.24) is 14.5 Å². The van der Waals surface area contributed by atoms with E-state index in [0.29, 0.717) is 5.75 Å². The number of nitrogens with zero attached hydrogens (tertiary/aromatic N) is 2. The lowest BCUT2D eigenvalue weighted by Crippen LogP contribution is -3.00. The van der Waals surface area contributed by atoms with E-state index in [0.717, 1.165) is 29.7 Å². The van der Waals surface area contributed by atoms with Gasteiger partial charge in [0.2, 0.25) is 0 Å². The molecule has 0 saturated carbocycles. The minimum absolute atomic E-state index is 0. The monoisotopic (exact) mass is 452 g/mol. The molecule has 0 spiro atoms. The minimum atomic E-state index is -0.785. The lowest BCUT2D eigenvalue weighted by Gasteiger charge is -2.14. The highest BCUT2D eigenvalue weighted by molar-refractivity contribution is 5.77. The Morgan fingerprint density at radius 2 is 1.50 bits per heavy atom. The molecule has 4 rings (SSSR count). The van der Waals surface area contributed by atoms with Gasteiger partial charge in [0, 0.05) is 27.2 Å². The van der Waals surface area contributed by atoms with Gasteiger partial charge in [-0.2, -0.15) is 0 Å². The van der Waals surface area contributed by atoms with Crippen molar-refractivity contribution in [1.29, 1.82) is 0 Å². The predicted molar refractivity (Wildman–Crippen MR) is 122 cm³/mol. The van der Waals surface area contributed by atoms with Gasteiger partial charge in [0.1, 0.15) is 18.5 Å². The van der Waals surface area contributed by atoms with Gasteiger partial charge in [-0.15, -0.1) is 0 Å². The van der Waals surface area contributed by atoms with Crippen LogP contribution in [0.4, 0.5) is 0 Å². The van der Waals surface area contributed by atoms with E-state index in [-0.39, 0.29) is 24.7 Å². The average molecular weight is 453 g/mol. The normalized spacial score (nSPS) is 11.8. The first-order chi connectivity index (χ1) is 15.0. The number of nitrogens with one attached hydrogen (secondary N) is 1. The van der Waals surface area contributed by atoms with Gasteiger partial charge in [0.25, 0.3) is 0 Å². The first kappa shape index (κ1) is 23.6. The average Bonchev–Trinajstić information content (AvgIpc) is 3.02. The zero-order valence-electron chi connectivity index (χ0n) is 18.2. The number of aliphatic hydroxyl groups is 1. The fraction of sp³-hybridized carbons (Fsp3) is 0.240. The number of halogens is 1. The van der Waals surface area contributed by atoms with Gasteiger partial charge < -0.3 is 27.6 Å². The molecule has 0 aliphatic carbocycles. The molecular weight excluding hydrogens is 426 g/mol. The van der Waals surface area contributed by atoms with Crippen molar-refractivity contribution in [3.63, 3.8) is 0 Å². The Kier molecular flexibility index (Phi) is 7.75. The lowest BCUT2D eigenvalue weighted by molar-refractivity contribution is -0.00000800. The topological polar surface area (TPSA) is 68.4 Å². The summed E-state index contributed by atoms with van der Waals surface area (Å²) in [7, 11) is 3.47. The lowest BCUT2D eigenvalue weighted by atomic mass is 10.1. The number of rotatable bonds is 8. The SMILES string of the molecule is Cn1c(=O)n(C)c2cc(C(O)COc3ccc(CNCc4ccccc4)cc3)ccc21.[Cl-]. The molecule has 7 heteroatoms. The van der Waals surface area contributed by atoms with Gasteiger partial charge in [0.15, 0.2) is 0 Å². The van der Waals surface area contributed by atoms with Crippen LogP contribution in [0.1, 0.15) is 22.8 Å². The summed E-state index contributed by atoms with van der Waals surface area (Å²) in [6.45, 7) is 1.73. The Bertz CT molecular complexity index is 1220. The maximum absolute atomic E-state index is 12.1. The van der Waals surface area contributed by atoms with Crippen molar-refractivity contribution in [3.8, 4) is 5.75 Å². The van der Waals surface area contributed by atoms with Crippen LogP contribution < -0.4 is 28.2 Å². The summed E-state index contributed by atoms with van der Waals surface area (Å²) >= 11 is 0. The molecule has 1 atom stereocenters. The second-order valence-electron chi connectivity index (χ2n) is 7.71. The van der Waals surface area contributed by atoms with E-state index in [2.05, 4.69) is 17.4 Å². The Balaban J connectivity index is 0.00000289. The van der Waals surface area contributed by atoms with E-state index in [1.54, 1.807) is 23.2 Å². The Labute approximate surface area is 193 Å². The molecule has 3 aromatic carbocycles. The standard InChI is InChI=1S/C25H27N3O3.ClH/c1-27-22-13-10-20(14-23(22)28(2)25(27)30)24(29)17-31-21-11-8-19(9-12-21)16-26-15-18-6-4-3-5-7-18;/h3-14,24,26,29H,15-17H2,1-2H3;1H/p-1. The maximum atomic E-state index is 12.1. The molecule has 0 amide bonds. The number of imidazole rings is 1. The van der Waals surface area contributed by atoms with Crippen LogP contribution in [-0.4, -0.2) is 20.8 Å². The van der Waals surface area contributed by atoms with Crippen LogP contribution in [0.5, 0.6) is 5.75 Å². The molecule has 6 nitrogen and oxygen atoms in total. The van der Waals surface area contributed by atoms with Crippen LogP contribution in [0.2, 0.25) is 0 Å². The van der Waals surface area contributed by atoms with Crippen LogP contribution in [0.25, 0.3) is 11.0 Å². The molecule has 0 saturated heterocycles. The fourth-order valence-corrected chi connectivity index (χ4v) is 3.65. The zero-order valence-corrected chi connectivity index (χ0v) is 18.9. The number of aryl methyl sites for hydroxylation is 2. The molecule has 0 aliphatic heterocycles. The highest BCUT2D eigenvalue weighted by Crippen LogP contribution is 2.21. The third kappa shape index (κ3) is 5.22. The second-order valence-corrected chi connectivity index (χ2v) is 7.71. The van der Waals surface area contributed by atoms with E-state index >= 15 is 0 Å². The molecular formula is C25H27ClN3O3-. The largest absolute Gasteiger partial charge is 1.00 e. The summed E-state index contributed by atoms with van der Waals surface area (Å²) in [6.07, 6.45) is -0.785. The molecule has 32 heavy (non-hydrogen) atoms. The second kappa shape index (κ2) is 10.5. The first-order valence-electron chi connectivity index (χ1n) is 10.3. The van der Waals surface area contributed by atoms with Crippen LogP contribution in [-0.2, 0) is 27.2 Å². The molecule has 0 fully saturated rings. The van der Waals surface area contributed by atoms with E-state index < -0.39 is 6.10 Å². The summed E-state index contributed by atoms with van der Waals surface area (Å²) in [5.41, 5.74) is 4.67. The van der Waals surface area contributed by atoms with Crippen LogP contribution in [0.3, 0.4) is 0 Å². The Hall–Kier alpha value is -3.06. The van der Waals surface area contributed by atoms with Crippen molar-refractivity contribution in [3.05, 3.63) is 100.0 Å². The van der Waals surface area contributed by atoms with Crippen molar-refractivity contribution < 1.29 is 22.3 Å². The van der Waals surface area contributed by atoms with Crippen LogP contribution in [0, 0.1) is 0 Å². The quantitative estimate of drug-likeness (QED) is 0.403. The summed E-state index contributed by atoms with van der Waals surface area (Å²) in [6, 6.07) is 23.7. The fourth-order valence-electron chi connectivity index (χ4n) is 3.65. The van der Waals surface area contributed by atoms with Crippen LogP contribution in [0.15, 0.2) is 77.6 Å². The molecule has 4 aromatic rings. The van der Waals surface area contributed by atoms with Gasteiger partial charge in [-0.05, 0) is 41.0 Å². The number of aromatic nitrogens is 2. The Morgan fingerprint density at radius 3 is 2.19 bits per heavy atom. The highest BCUT2D eigenvalue weighted by Gasteiger charge is 2.13. The molecule has 0 bridgehead atoms. The third-order valence-electron chi connectivity index (χ3n) is 5.51. The van der Waals surface area contributed by atoms with Crippen LogP contribution >= 0.6 is 0 Å². The zero-order chi connectivity index (χ0) is 21.8. The van der Waals surface area contributed by atoms with Gasteiger partial charge in [-0.3, -0.25) is 9.13 Å². The van der Waals surface area contributed by atoms with Gasteiger partial charge in [0.05, 0.1) is 11.0 Å². The third-order valence-corrected chi connectivity index (χ3v) is 5.51. The number of ether oxygens (including phenoxy) is 1. The van der Waals surface area contributed by atoms with Crippen molar-refractivity contribution in [2.75, 3.05) is 6.61 Å². The van der Waals surface area contributed by atoms with E-state index in [1.165, 1.54) is 11.1 Å². The van der Waals surface area contributed by atoms with Crippen molar-refractivity contribution >= 4 is 11.0 Å². The maximum Gasteiger partial charge on any atom is 0.328 e. The smallest absolute Gasteiger partial charge is 0.328 e. The summed E-state index contributed by atoms with van der Waals surface area (Å²) in [4.78, 5) is 12.1. The minimum Gasteiger partial charge on any atom is -1.00 e. The van der Waals surface area contributed by atoms with E-state index in [4.69, 9.17) is 4.74 Å².